The predicted octanol–water partition coefficient (Wildman–Crippen LogP) is 3.31. The van der Waals surface area contributed by atoms with Gasteiger partial charge >= 0.3 is 0 Å². The van der Waals surface area contributed by atoms with Crippen molar-refractivity contribution in [3.63, 3.8) is 0 Å². The third kappa shape index (κ3) is 5.23. The number of benzene rings is 2. The zero-order valence-electron chi connectivity index (χ0n) is 18.2. The molecule has 32 heavy (non-hydrogen) atoms. The van der Waals surface area contributed by atoms with Crippen LogP contribution in [0.25, 0.3) is 5.69 Å². The van der Waals surface area contributed by atoms with E-state index >= 15 is 0 Å². The number of aromatic nitrogens is 2. The zero-order valence-corrected chi connectivity index (χ0v) is 19.8. The Balaban J connectivity index is 1.72. The Morgan fingerprint density at radius 3 is 2.47 bits per heavy atom. The van der Waals surface area contributed by atoms with Crippen LogP contribution < -0.4 is 14.4 Å². The molecular weight excluding hydrogens is 452 g/mol. The Morgan fingerprint density at radius 2 is 1.94 bits per heavy atom. The quantitative estimate of drug-likeness (QED) is 0.538. The van der Waals surface area contributed by atoms with Crippen LogP contribution in [-0.2, 0) is 21.4 Å². The Morgan fingerprint density at radius 1 is 1.25 bits per heavy atom. The van der Waals surface area contributed by atoms with Gasteiger partial charge < -0.3 is 14.6 Å². The maximum Gasteiger partial charge on any atom is 0.243 e. The highest BCUT2D eigenvalue weighted by Crippen LogP contribution is 2.31. The summed E-state index contributed by atoms with van der Waals surface area (Å²) < 4.78 is 33.0. The van der Waals surface area contributed by atoms with Crippen LogP contribution in [0.3, 0.4) is 0 Å². The number of rotatable bonds is 8. The fraction of sp³-hybridized carbons (Fsp3) is 0.273. The van der Waals surface area contributed by atoms with Crippen molar-refractivity contribution < 1.29 is 17.9 Å². The van der Waals surface area contributed by atoms with Crippen LogP contribution in [0, 0.1) is 6.92 Å². The number of aryl methyl sites for hydroxylation is 1. The third-order valence-electron chi connectivity index (χ3n) is 4.99. The van der Waals surface area contributed by atoms with Crippen molar-refractivity contribution in [3.8, 4) is 11.4 Å². The van der Waals surface area contributed by atoms with Crippen molar-refractivity contribution in [3.05, 3.63) is 71.3 Å². The molecule has 0 fully saturated rings. The number of methoxy groups -OCH3 is 1. The van der Waals surface area contributed by atoms with Crippen molar-refractivity contribution >= 4 is 33.2 Å². The minimum Gasteiger partial charge on any atom is -0.495 e. The van der Waals surface area contributed by atoms with Crippen molar-refractivity contribution in [1.82, 2.24) is 14.9 Å². The summed E-state index contributed by atoms with van der Waals surface area (Å²) in [6.45, 7) is 3.70. The first kappa shape index (κ1) is 23.6. The monoisotopic (exact) mass is 476 g/mol. The van der Waals surface area contributed by atoms with Crippen LogP contribution in [0.1, 0.15) is 18.3 Å². The van der Waals surface area contributed by atoms with Crippen molar-refractivity contribution in [2.24, 2.45) is 0 Å². The second-order valence-corrected chi connectivity index (χ2v) is 9.55. The third-order valence-corrected chi connectivity index (χ3v) is 6.52. The van der Waals surface area contributed by atoms with Crippen molar-refractivity contribution in [2.45, 2.75) is 26.4 Å². The molecule has 0 aliphatic carbocycles. The lowest BCUT2D eigenvalue weighted by Crippen LogP contribution is -2.47. The highest BCUT2D eigenvalue weighted by atomic mass is 35.5. The molecule has 0 aliphatic rings. The molecule has 3 rings (SSSR count). The van der Waals surface area contributed by atoms with E-state index in [2.05, 4.69) is 10.3 Å². The van der Waals surface area contributed by atoms with Gasteiger partial charge in [-0.3, -0.25) is 9.10 Å². The summed E-state index contributed by atoms with van der Waals surface area (Å²) >= 11 is 6.16. The van der Waals surface area contributed by atoms with Crippen LogP contribution in [0.4, 0.5) is 5.69 Å². The normalized spacial score (nSPS) is 12.3. The van der Waals surface area contributed by atoms with Crippen LogP contribution in [0.5, 0.6) is 5.75 Å². The highest BCUT2D eigenvalue weighted by molar-refractivity contribution is 7.92. The molecule has 1 heterocycles. The van der Waals surface area contributed by atoms with E-state index in [0.717, 1.165) is 27.6 Å². The van der Waals surface area contributed by atoms with Crippen molar-refractivity contribution in [2.75, 3.05) is 17.7 Å². The van der Waals surface area contributed by atoms with E-state index < -0.39 is 22.0 Å². The largest absolute Gasteiger partial charge is 0.495 e. The first-order chi connectivity index (χ1) is 15.1. The number of hydrogen-bond acceptors (Lipinski definition) is 5. The first-order valence-electron chi connectivity index (χ1n) is 9.81. The maximum atomic E-state index is 12.8. The molecule has 0 bridgehead atoms. The molecule has 0 radical (unpaired) electrons. The number of carbonyl (C=O) groups excluding carboxylic acids is 1. The molecule has 0 spiro atoms. The molecule has 8 nitrogen and oxygen atoms in total. The number of hydrogen-bond donors (Lipinski definition) is 1. The van der Waals surface area contributed by atoms with Gasteiger partial charge in [0.25, 0.3) is 0 Å². The van der Waals surface area contributed by atoms with Gasteiger partial charge in [0.05, 0.1) is 24.1 Å². The van der Waals surface area contributed by atoms with Crippen LogP contribution in [0.15, 0.2) is 54.9 Å². The van der Waals surface area contributed by atoms with E-state index in [9.17, 15) is 13.2 Å². The molecule has 170 valence electrons. The van der Waals surface area contributed by atoms with Gasteiger partial charge in [-0.15, -0.1) is 0 Å². The Labute approximate surface area is 192 Å². The number of ether oxygens (including phenoxy) is 1. The molecule has 1 N–H and O–H groups in total. The molecule has 0 saturated carbocycles. The fourth-order valence-corrected chi connectivity index (χ4v) is 4.78. The van der Waals surface area contributed by atoms with Gasteiger partial charge in [0.15, 0.2) is 0 Å². The SMILES string of the molecule is COc1ccc(N([C@@H](C)C(=O)NCc2ccc(-n3ccnc3C)cc2)S(C)(=O)=O)cc1Cl. The fourth-order valence-electron chi connectivity index (χ4n) is 3.36. The molecule has 2 aromatic carbocycles. The molecular formula is C22H25ClN4O4S. The van der Waals surface area contributed by atoms with Gasteiger partial charge in [0.1, 0.15) is 17.6 Å². The highest BCUT2D eigenvalue weighted by Gasteiger charge is 2.29. The number of anilines is 1. The Kier molecular flexibility index (Phi) is 7.10. The second-order valence-electron chi connectivity index (χ2n) is 7.28. The molecule has 0 unspecified atom stereocenters. The van der Waals surface area contributed by atoms with Gasteiger partial charge in [-0.1, -0.05) is 23.7 Å². The number of halogens is 1. The zero-order chi connectivity index (χ0) is 23.5. The summed E-state index contributed by atoms with van der Waals surface area (Å²) in [6, 6.07) is 11.2. The smallest absolute Gasteiger partial charge is 0.243 e. The summed E-state index contributed by atoms with van der Waals surface area (Å²) in [4.78, 5) is 17.0. The van der Waals surface area contributed by atoms with Gasteiger partial charge in [-0.25, -0.2) is 13.4 Å². The maximum absolute atomic E-state index is 12.8. The minimum absolute atomic E-state index is 0.250. The molecule has 3 aromatic rings. The molecule has 10 heteroatoms. The Bertz CT molecular complexity index is 1210. The molecule has 0 aliphatic heterocycles. The van der Waals surface area contributed by atoms with Crippen LogP contribution >= 0.6 is 11.6 Å². The summed E-state index contributed by atoms with van der Waals surface area (Å²) in [5.41, 5.74) is 2.12. The summed E-state index contributed by atoms with van der Waals surface area (Å²) in [7, 11) is -2.29. The van der Waals surface area contributed by atoms with Crippen LogP contribution in [-0.4, -0.2) is 43.3 Å². The summed E-state index contributed by atoms with van der Waals surface area (Å²) in [5, 5.41) is 3.05. The van der Waals surface area contributed by atoms with E-state index in [1.54, 1.807) is 18.3 Å². The van der Waals surface area contributed by atoms with Crippen molar-refractivity contribution in [1.29, 1.82) is 0 Å². The lowest BCUT2D eigenvalue weighted by molar-refractivity contribution is -0.122. The molecule has 1 amide bonds. The molecule has 1 aromatic heterocycles. The topological polar surface area (TPSA) is 93.5 Å². The number of nitrogens with one attached hydrogen (secondary N) is 1. The van der Waals surface area contributed by atoms with E-state index in [1.807, 2.05) is 42.0 Å². The first-order valence-corrected chi connectivity index (χ1v) is 12.0. The van der Waals surface area contributed by atoms with Gasteiger partial charge in [0.2, 0.25) is 15.9 Å². The molecule has 0 saturated heterocycles. The second kappa shape index (κ2) is 9.62. The number of carbonyl (C=O) groups is 1. The van der Waals surface area contributed by atoms with E-state index in [-0.39, 0.29) is 17.3 Å². The average Bonchev–Trinajstić information content (AvgIpc) is 3.17. The Hall–Kier alpha value is -3.04. The summed E-state index contributed by atoms with van der Waals surface area (Å²) in [5.74, 6) is 0.853. The molecule has 1 atom stereocenters. The average molecular weight is 477 g/mol. The van der Waals surface area contributed by atoms with Gasteiger partial charge in [-0.05, 0) is 49.7 Å². The number of amides is 1. The predicted molar refractivity (Wildman–Crippen MR) is 125 cm³/mol. The minimum atomic E-state index is -3.75. The van der Waals surface area contributed by atoms with E-state index in [1.165, 1.54) is 20.1 Å². The number of imidazole rings is 1. The lowest BCUT2D eigenvalue weighted by Gasteiger charge is -2.28. The van der Waals surface area contributed by atoms with Crippen LogP contribution in [0.2, 0.25) is 5.02 Å². The van der Waals surface area contributed by atoms with Gasteiger partial charge in [0, 0.05) is 24.6 Å². The van der Waals surface area contributed by atoms with E-state index in [4.69, 9.17) is 16.3 Å². The van der Waals surface area contributed by atoms with E-state index in [0.29, 0.717) is 5.75 Å². The lowest BCUT2D eigenvalue weighted by atomic mass is 10.2. The van der Waals surface area contributed by atoms with Gasteiger partial charge in [-0.2, -0.15) is 0 Å². The standard InChI is InChI=1S/C22H25ClN4O4S/c1-15(27(32(4,29)30)19-9-10-21(31-3)20(23)13-19)22(28)25-14-17-5-7-18(8-6-17)26-12-11-24-16(26)2/h5-13,15H,14H2,1-4H3,(H,25,28)/t15-/m0/s1. The number of sulfonamides is 1. The number of nitrogens with zero attached hydrogens (tertiary/aromatic N) is 3. The summed E-state index contributed by atoms with van der Waals surface area (Å²) in [6.07, 6.45) is 4.65.